The van der Waals surface area contributed by atoms with Crippen LogP contribution in [0.2, 0.25) is 10.4 Å². The molecule has 0 saturated heterocycles. The van der Waals surface area contributed by atoms with Gasteiger partial charge in [0.15, 0.2) is 0 Å². The minimum atomic E-state index is 0.208. The number of hydrogen-bond donors (Lipinski definition) is 0. The van der Waals surface area contributed by atoms with E-state index in [9.17, 15) is 0 Å². The number of halogens is 2. The first-order valence-electron chi connectivity index (χ1n) is 6.19. The van der Waals surface area contributed by atoms with E-state index in [1.54, 1.807) is 6.07 Å². The van der Waals surface area contributed by atoms with E-state index >= 15 is 0 Å². The first-order valence-corrected chi connectivity index (χ1v) is 6.94. The highest BCUT2D eigenvalue weighted by Gasteiger charge is 2.16. The van der Waals surface area contributed by atoms with Crippen LogP contribution in [0.1, 0.15) is 16.8 Å². The standard InChI is InChI=1S/C14H13Cl2N3/c15-13-7-12(17-14(16)18-13)9-19-6-5-10-3-1-2-4-11(10)8-19/h1-4,7H,5-6,8-9H2. The molecule has 2 heterocycles. The molecule has 1 aromatic carbocycles. The Morgan fingerprint density at radius 1 is 1.11 bits per heavy atom. The van der Waals surface area contributed by atoms with Crippen LogP contribution in [-0.2, 0) is 19.5 Å². The summed E-state index contributed by atoms with van der Waals surface area (Å²) in [6.07, 6.45) is 1.07. The molecule has 0 spiro atoms. The van der Waals surface area contributed by atoms with Crippen LogP contribution in [0.15, 0.2) is 30.3 Å². The second kappa shape index (κ2) is 5.45. The van der Waals surface area contributed by atoms with Crippen molar-refractivity contribution in [1.29, 1.82) is 0 Å². The van der Waals surface area contributed by atoms with Crippen LogP contribution in [0, 0.1) is 0 Å². The number of rotatable bonds is 2. The van der Waals surface area contributed by atoms with Crippen molar-refractivity contribution in [3.8, 4) is 0 Å². The maximum atomic E-state index is 5.89. The summed E-state index contributed by atoms with van der Waals surface area (Å²) >= 11 is 11.7. The summed E-state index contributed by atoms with van der Waals surface area (Å²) in [6.45, 7) is 2.71. The molecule has 98 valence electrons. The Morgan fingerprint density at radius 3 is 2.68 bits per heavy atom. The lowest BCUT2D eigenvalue weighted by atomic mass is 10.00. The minimum absolute atomic E-state index is 0.208. The lowest BCUT2D eigenvalue weighted by Gasteiger charge is -2.28. The molecule has 0 bridgehead atoms. The van der Waals surface area contributed by atoms with Crippen LogP contribution in [-0.4, -0.2) is 21.4 Å². The van der Waals surface area contributed by atoms with Gasteiger partial charge in [-0.25, -0.2) is 9.97 Å². The summed E-state index contributed by atoms with van der Waals surface area (Å²) in [7, 11) is 0. The number of nitrogens with zero attached hydrogens (tertiary/aromatic N) is 3. The summed E-state index contributed by atoms with van der Waals surface area (Å²) in [4.78, 5) is 10.4. The van der Waals surface area contributed by atoms with Crippen molar-refractivity contribution in [3.63, 3.8) is 0 Å². The van der Waals surface area contributed by atoms with Crippen LogP contribution >= 0.6 is 23.2 Å². The van der Waals surface area contributed by atoms with E-state index in [1.165, 1.54) is 11.1 Å². The van der Waals surface area contributed by atoms with Crippen LogP contribution in [0.3, 0.4) is 0 Å². The third-order valence-corrected chi connectivity index (χ3v) is 3.68. The van der Waals surface area contributed by atoms with E-state index in [2.05, 4.69) is 39.1 Å². The molecule has 0 unspecified atom stereocenters. The third kappa shape index (κ3) is 3.06. The molecule has 1 aromatic heterocycles. The van der Waals surface area contributed by atoms with Gasteiger partial charge in [0.1, 0.15) is 5.15 Å². The maximum Gasteiger partial charge on any atom is 0.224 e. The van der Waals surface area contributed by atoms with Gasteiger partial charge in [-0.15, -0.1) is 0 Å². The Labute approximate surface area is 122 Å². The molecular weight excluding hydrogens is 281 g/mol. The normalized spacial score (nSPS) is 15.3. The van der Waals surface area contributed by atoms with E-state index in [4.69, 9.17) is 23.2 Å². The van der Waals surface area contributed by atoms with Gasteiger partial charge >= 0.3 is 0 Å². The molecule has 0 N–H and O–H groups in total. The summed E-state index contributed by atoms with van der Waals surface area (Å²) < 4.78 is 0. The van der Waals surface area contributed by atoms with Gasteiger partial charge in [0.05, 0.1) is 5.69 Å². The zero-order chi connectivity index (χ0) is 13.2. The van der Waals surface area contributed by atoms with Gasteiger partial charge in [-0.05, 0) is 35.2 Å². The molecule has 1 aliphatic rings. The average Bonchev–Trinajstić information content (AvgIpc) is 2.37. The lowest BCUT2D eigenvalue weighted by Crippen LogP contribution is -2.30. The fraction of sp³-hybridized carbons (Fsp3) is 0.286. The summed E-state index contributed by atoms with van der Waals surface area (Å²) in [5.74, 6) is 0. The van der Waals surface area contributed by atoms with Gasteiger partial charge < -0.3 is 0 Å². The van der Waals surface area contributed by atoms with Crippen molar-refractivity contribution in [2.45, 2.75) is 19.5 Å². The smallest absolute Gasteiger partial charge is 0.224 e. The molecule has 0 amide bonds. The van der Waals surface area contributed by atoms with Crippen LogP contribution < -0.4 is 0 Å². The van der Waals surface area contributed by atoms with E-state index in [0.29, 0.717) is 5.15 Å². The molecule has 19 heavy (non-hydrogen) atoms. The molecule has 1 aliphatic heterocycles. The van der Waals surface area contributed by atoms with Crippen LogP contribution in [0.25, 0.3) is 0 Å². The number of hydrogen-bond acceptors (Lipinski definition) is 3. The molecule has 5 heteroatoms. The summed E-state index contributed by atoms with van der Waals surface area (Å²) in [6, 6.07) is 10.3. The zero-order valence-electron chi connectivity index (χ0n) is 10.3. The Balaban J connectivity index is 1.75. The highest BCUT2D eigenvalue weighted by atomic mass is 35.5. The highest BCUT2D eigenvalue weighted by molar-refractivity contribution is 6.31. The SMILES string of the molecule is Clc1cc(CN2CCc3ccccc3C2)nc(Cl)n1. The van der Waals surface area contributed by atoms with E-state index in [-0.39, 0.29) is 5.28 Å². The van der Waals surface area contributed by atoms with E-state index in [0.717, 1.165) is 31.7 Å². The predicted molar refractivity (Wildman–Crippen MR) is 76.3 cm³/mol. The number of aromatic nitrogens is 2. The largest absolute Gasteiger partial charge is 0.293 e. The van der Waals surface area contributed by atoms with Gasteiger partial charge in [-0.2, -0.15) is 0 Å². The number of benzene rings is 1. The molecule has 0 radical (unpaired) electrons. The first-order chi connectivity index (χ1) is 9.20. The molecule has 3 nitrogen and oxygen atoms in total. The van der Waals surface area contributed by atoms with Gasteiger partial charge in [0.25, 0.3) is 0 Å². The van der Waals surface area contributed by atoms with Crippen molar-refractivity contribution >= 4 is 23.2 Å². The molecule has 3 rings (SSSR count). The van der Waals surface area contributed by atoms with Gasteiger partial charge in [-0.1, -0.05) is 35.9 Å². The van der Waals surface area contributed by atoms with Gasteiger partial charge in [0.2, 0.25) is 5.28 Å². The minimum Gasteiger partial charge on any atom is -0.293 e. The van der Waals surface area contributed by atoms with E-state index < -0.39 is 0 Å². The number of fused-ring (bicyclic) bond motifs is 1. The predicted octanol–water partition coefficient (Wildman–Crippen LogP) is 3.34. The molecule has 0 fully saturated rings. The van der Waals surface area contributed by atoms with Crippen molar-refractivity contribution in [1.82, 2.24) is 14.9 Å². The molecule has 2 aromatic rings. The lowest BCUT2D eigenvalue weighted by molar-refractivity contribution is 0.242. The highest BCUT2D eigenvalue weighted by Crippen LogP contribution is 2.20. The second-order valence-electron chi connectivity index (χ2n) is 4.68. The Kier molecular flexibility index (Phi) is 3.69. The van der Waals surface area contributed by atoms with Gasteiger partial charge in [0, 0.05) is 19.6 Å². The van der Waals surface area contributed by atoms with E-state index in [1.807, 2.05) is 0 Å². The van der Waals surface area contributed by atoms with Crippen LogP contribution in [0.5, 0.6) is 0 Å². The fourth-order valence-corrected chi connectivity index (χ4v) is 2.88. The molecule has 0 aliphatic carbocycles. The summed E-state index contributed by atoms with van der Waals surface area (Å²) in [5.41, 5.74) is 3.70. The Morgan fingerprint density at radius 2 is 1.89 bits per heavy atom. The second-order valence-corrected chi connectivity index (χ2v) is 5.41. The van der Waals surface area contributed by atoms with Crippen molar-refractivity contribution in [2.24, 2.45) is 0 Å². The zero-order valence-corrected chi connectivity index (χ0v) is 11.8. The fourth-order valence-electron chi connectivity index (χ4n) is 2.43. The average molecular weight is 294 g/mol. The molecule has 0 saturated carbocycles. The monoisotopic (exact) mass is 293 g/mol. The third-order valence-electron chi connectivity index (χ3n) is 3.32. The Bertz CT molecular complexity index is 581. The molecule has 0 atom stereocenters. The Hall–Kier alpha value is -1.16. The van der Waals surface area contributed by atoms with Crippen LogP contribution in [0.4, 0.5) is 0 Å². The van der Waals surface area contributed by atoms with Crippen molar-refractivity contribution < 1.29 is 0 Å². The topological polar surface area (TPSA) is 29.0 Å². The quantitative estimate of drug-likeness (QED) is 0.628. The molecular formula is C14H13Cl2N3. The van der Waals surface area contributed by atoms with Crippen molar-refractivity contribution in [3.05, 3.63) is 57.6 Å². The maximum absolute atomic E-state index is 5.89. The first kappa shape index (κ1) is 12.9. The summed E-state index contributed by atoms with van der Waals surface area (Å²) in [5, 5.41) is 0.604. The van der Waals surface area contributed by atoms with Gasteiger partial charge in [-0.3, -0.25) is 4.90 Å². The van der Waals surface area contributed by atoms with Crippen molar-refractivity contribution in [2.75, 3.05) is 6.54 Å².